The molecule has 0 atom stereocenters. The van der Waals surface area contributed by atoms with Crippen molar-refractivity contribution in [2.24, 2.45) is 0 Å². The Kier molecular flexibility index (Phi) is 8.61. The first-order valence-corrected chi connectivity index (χ1v) is 14.3. The number of ether oxygens (including phenoxy) is 2. The maximum atomic E-state index is 11.7. The molecule has 0 radical (unpaired) electrons. The quantitative estimate of drug-likeness (QED) is 0.155. The largest absolute Gasteiger partial charge is 0.494 e. The zero-order valence-corrected chi connectivity index (χ0v) is 25.6. The lowest BCUT2D eigenvalue weighted by Gasteiger charge is -2.32. The van der Waals surface area contributed by atoms with E-state index in [-0.39, 0.29) is 13.2 Å². The molecule has 4 aromatic rings. The highest BCUT2D eigenvalue weighted by Gasteiger charge is 2.51. The SMILES string of the molecule is Cc1c(COc2cc(OCc3cncc(C#N)c3)c(C=O)cc2Cl)cccc1-c1cccc(B2OC(C)(C)C(C)(C)O2)c1. The number of carbonyl (C=O) groups is 1. The second-order valence-corrected chi connectivity index (χ2v) is 11.9. The van der Waals surface area contributed by atoms with Crippen LogP contribution in [-0.4, -0.2) is 29.6 Å². The lowest BCUT2D eigenvalue weighted by molar-refractivity contribution is 0.00578. The van der Waals surface area contributed by atoms with Crippen molar-refractivity contribution in [3.05, 3.63) is 106 Å². The van der Waals surface area contributed by atoms with Crippen LogP contribution in [0.2, 0.25) is 5.02 Å². The molecule has 1 aliphatic heterocycles. The van der Waals surface area contributed by atoms with Crippen LogP contribution < -0.4 is 14.9 Å². The van der Waals surface area contributed by atoms with Crippen LogP contribution in [0.3, 0.4) is 0 Å². The number of pyridine rings is 1. The minimum Gasteiger partial charge on any atom is -0.488 e. The second kappa shape index (κ2) is 12.2. The van der Waals surface area contributed by atoms with E-state index in [0.29, 0.717) is 39.5 Å². The molecule has 0 bridgehead atoms. The van der Waals surface area contributed by atoms with E-state index in [0.717, 1.165) is 27.7 Å². The molecule has 1 fully saturated rings. The summed E-state index contributed by atoms with van der Waals surface area (Å²) in [5, 5.41) is 9.42. The van der Waals surface area contributed by atoms with E-state index < -0.39 is 18.3 Å². The number of hydrogen-bond acceptors (Lipinski definition) is 7. The molecular formula is C34H32BClN2O5. The third-order valence-corrected chi connectivity index (χ3v) is 8.36. The van der Waals surface area contributed by atoms with Gasteiger partial charge in [0.15, 0.2) is 6.29 Å². The minimum absolute atomic E-state index is 0.122. The lowest BCUT2D eigenvalue weighted by atomic mass is 9.77. The van der Waals surface area contributed by atoms with Gasteiger partial charge in [0.1, 0.15) is 30.8 Å². The Morgan fingerprint density at radius 2 is 1.67 bits per heavy atom. The number of aldehydes is 1. The van der Waals surface area contributed by atoms with Gasteiger partial charge in [0.05, 0.1) is 27.4 Å². The van der Waals surface area contributed by atoms with Crippen molar-refractivity contribution in [2.45, 2.75) is 59.0 Å². The number of nitriles is 1. The maximum absolute atomic E-state index is 11.7. The number of benzene rings is 3. The van der Waals surface area contributed by atoms with Gasteiger partial charge in [-0.25, -0.2) is 0 Å². The van der Waals surface area contributed by atoms with Gasteiger partial charge in [0.25, 0.3) is 0 Å². The van der Waals surface area contributed by atoms with E-state index in [9.17, 15) is 4.79 Å². The minimum atomic E-state index is -0.448. The topological polar surface area (TPSA) is 90.7 Å². The Labute approximate surface area is 257 Å². The van der Waals surface area contributed by atoms with Gasteiger partial charge in [-0.05, 0) is 74.5 Å². The first-order chi connectivity index (χ1) is 20.5. The molecule has 1 aromatic heterocycles. The predicted octanol–water partition coefficient (Wildman–Crippen LogP) is 6.85. The van der Waals surface area contributed by atoms with E-state index in [4.69, 9.17) is 35.6 Å². The van der Waals surface area contributed by atoms with Crippen molar-refractivity contribution < 1.29 is 23.6 Å². The summed E-state index contributed by atoms with van der Waals surface area (Å²) < 4.78 is 24.6. The molecule has 1 aliphatic rings. The van der Waals surface area contributed by atoms with Gasteiger partial charge in [-0.15, -0.1) is 0 Å². The number of rotatable bonds is 9. The van der Waals surface area contributed by atoms with E-state index in [1.165, 1.54) is 12.3 Å². The van der Waals surface area contributed by atoms with Crippen LogP contribution in [0.4, 0.5) is 0 Å². The summed E-state index contributed by atoms with van der Waals surface area (Å²) in [6, 6.07) is 21.2. The highest BCUT2D eigenvalue weighted by atomic mass is 35.5. The van der Waals surface area contributed by atoms with E-state index in [2.05, 4.69) is 36.2 Å². The van der Waals surface area contributed by atoms with Crippen LogP contribution in [0.15, 0.2) is 73.1 Å². The van der Waals surface area contributed by atoms with Crippen molar-refractivity contribution in [3.63, 3.8) is 0 Å². The molecule has 7 nitrogen and oxygen atoms in total. The van der Waals surface area contributed by atoms with Crippen LogP contribution in [0.1, 0.15) is 60.3 Å². The van der Waals surface area contributed by atoms with Gasteiger partial charge in [0.2, 0.25) is 0 Å². The van der Waals surface area contributed by atoms with Crippen molar-refractivity contribution in [2.75, 3.05) is 0 Å². The lowest BCUT2D eigenvalue weighted by Crippen LogP contribution is -2.41. The molecule has 0 saturated carbocycles. The highest BCUT2D eigenvalue weighted by molar-refractivity contribution is 6.62. The standard InChI is InChI=1S/C34H32BClN2O5/c1-22-26(9-7-11-29(22)25-8-6-10-28(13-25)35-42-33(2,3)34(4,5)43-35)21-41-32-15-31(27(19-39)14-30(32)36)40-20-24-12-23(16-37)17-38-18-24/h6-15,17-19H,20-21H2,1-5H3. The zero-order chi connectivity index (χ0) is 30.8. The van der Waals surface area contributed by atoms with Crippen molar-refractivity contribution in [3.8, 4) is 28.7 Å². The molecule has 218 valence electrons. The number of carbonyl (C=O) groups excluding carboxylic acids is 1. The summed E-state index contributed by atoms with van der Waals surface area (Å²) >= 11 is 6.48. The highest BCUT2D eigenvalue weighted by Crippen LogP contribution is 2.37. The molecule has 0 amide bonds. The average Bonchev–Trinajstić information content (AvgIpc) is 3.22. The van der Waals surface area contributed by atoms with Crippen LogP contribution in [0.25, 0.3) is 11.1 Å². The normalized spacial score (nSPS) is 15.1. The van der Waals surface area contributed by atoms with Crippen LogP contribution >= 0.6 is 11.6 Å². The average molecular weight is 595 g/mol. The monoisotopic (exact) mass is 594 g/mol. The molecule has 0 spiro atoms. The number of halogens is 1. The Morgan fingerprint density at radius 3 is 2.40 bits per heavy atom. The first kappa shape index (κ1) is 30.3. The Hall–Kier alpha value is -4.16. The molecule has 3 aromatic carbocycles. The van der Waals surface area contributed by atoms with Crippen molar-refractivity contribution >= 4 is 30.5 Å². The molecule has 0 N–H and O–H groups in total. The number of hydrogen-bond donors (Lipinski definition) is 0. The van der Waals surface area contributed by atoms with Gasteiger partial charge in [-0.1, -0.05) is 54.1 Å². The fourth-order valence-corrected chi connectivity index (χ4v) is 5.03. The van der Waals surface area contributed by atoms with E-state index >= 15 is 0 Å². The third-order valence-electron chi connectivity index (χ3n) is 8.06. The molecule has 9 heteroatoms. The van der Waals surface area contributed by atoms with Gasteiger partial charge >= 0.3 is 7.12 Å². The zero-order valence-electron chi connectivity index (χ0n) is 24.8. The van der Waals surface area contributed by atoms with Gasteiger partial charge in [-0.3, -0.25) is 9.78 Å². The maximum Gasteiger partial charge on any atom is 0.494 e. The summed E-state index contributed by atoms with van der Waals surface area (Å²) in [6.45, 7) is 10.6. The molecular weight excluding hydrogens is 563 g/mol. The second-order valence-electron chi connectivity index (χ2n) is 11.5. The first-order valence-electron chi connectivity index (χ1n) is 13.9. The number of nitrogens with zero attached hydrogens (tertiary/aromatic N) is 2. The molecule has 5 rings (SSSR count). The van der Waals surface area contributed by atoms with Gasteiger partial charge in [-0.2, -0.15) is 5.26 Å². The van der Waals surface area contributed by atoms with Crippen molar-refractivity contribution in [1.29, 1.82) is 5.26 Å². The smallest absolute Gasteiger partial charge is 0.488 e. The summed E-state index contributed by atoms with van der Waals surface area (Å²) in [5.41, 5.74) is 5.70. The van der Waals surface area contributed by atoms with Gasteiger partial charge < -0.3 is 18.8 Å². The Morgan fingerprint density at radius 1 is 0.953 bits per heavy atom. The molecule has 2 heterocycles. The summed E-state index contributed by atoms with van der Waals surface area (Å²) in [4.78, 5) is 15.8. The summed E-state index contributed by atoms with van der Waals surface area (Å²) in [7, 11) is -0.448. The fourth-order valence-electron chi connectivity index (χ4n) is 4.81. The Bertz CT molecular complexity index is 1700. The number of aromatic nitrogens is 1. The van der Waals surface area contributed by atoms with Crippen molar-refractivity contribution in [1.82, 2.24) is 4.98 Å². The predicted molar refractivity (Wildman–Crippen MR) is 167 cm³/mol. The summed E-state index contributed by atoms with van der Waals surface area (Å²) in [5.74, 6) is 0.709. The Balaban J connectivity index is 1.34. The molecule has 0 unspecified atom stereocenters. The molecule has 43 heavy (non-hydrogen) atoms. The van der Waals surface area contributed by atoms with E-state index in [1.807, 2.05) is 52.0 Å². The van der Waals surface area contributed by atoms with Crippen LogP contribution in [-0.2, 0) is 22.5 Å². The third kappa shape index (κ3) is 6.45. The molecule has 1 saturated heterocycles. The van der Waals surface area contributed by atoms with Gasteiger partial charge in [0, 0.05) is 24.0 Å². The molecule has 0 aliphatic carbocycles. The summed E-state index contributed by atoms with van der Waals surface area (Å²) in [6.07, 6.45) is 3.76. The fraction of sp³-hybridized carbons (Fsp3) is 0.265. The van der Waals surface area contributed by atoms with Crippen LogP contribution in [0.5, 0.6) is 11.5 Å². The van der Waals surface area contributed by atoms with E-state index in [1.54, 1.807) is 18.3 Å². The van der Waals surface area contributed by atoms with Crippen LogP contribution in [0, 0.1) is 18.3 Å².